The molecule has 0 amide bonds. The summed E-state index contributed by atoms with van der Waals surface area (Å²) >= 11 is 12.0. The maximum Gasteiger partial charge on any atom is 0.140 e. The maximum absolute atomic E-state index is 6.14. The van der Waals surface area contributed by atoms with E-state index in [0.29, 0.717) is 21.7 Å². The molecule has 2 nitrogen and oxygen atoms in total. The van der Waals surface area contributed by atoms with E-state index in [0.717, 1.165) is 10.8 Å². The molecule has 0 saturated heterocycles. The molecule has 0 unspecified atom stereocenters. The van der Waals surface area contributed by atoms with Gasteiger partial charge in [0.25, 0.3) is 0 Å². The average Bonchev–Trinajstić information content (AvgIpc) is 2.42. The molecule has 3 rings (SSSR count). The molecule has 0 aliphatic heterocycles. The summed E-state index contributed by atoms with van der Waals surface area (Å²) < 4.78 is 5.84. The van der Waals surface area contributed by atoms with E-state index in [1.807, 2.05) is 36.4 Å². The summed E-state index contributed by atoms with van der Waals surface area (Å²) in [6.07, 6.45) is 1.68. The first kappa shape index (κ1) is 12.3. The van der Waals surface area contributed by atoms with Gasteiger partial charge in [-0.1, -0.05) is 35.3 Å². The van der Waals surface area contributed by atoms with Crippen molar-refractivity contribution >= 4 is 34.0 Å². The van der Waals surface area contributed by atoms with Crippen molar-refractivity contribution in [3.63, 3.8) is 0 Å². The lowest BCUT2D eigenvalue weighted by Gasteiger charge is -2.09. The zero-order valence-corrected chi connectivity index (χ0v) is 11.3. The summed E-state index contributed by atoms with van der Waals surface area (Å²) in [6, 6.07) is 14.8. The highest BCUT2D eigenvalue weighted by Gasteiger charge is 2.07. The fraction of sp³-hybridized carbons (Fsp3) is 0. The number of hydrogen-bond donors (Lipinski definition) is 0. The number of benzene rings is 2. The zero-order chi connectivity index (χ0) is 13.2. The summed E-state index contributed by atoms with van der Waals surface area (Å²) in [6.45, 7) is 0. The molecule has 19 heavy (non-hydrogen) atoms. The fourth-order valence-electron chi connectivity index (χ4n) is 1.87. The Bertz CT molecular complexity index is 721. The van der Waals surface area contributed by atoms with Gasteiger partial charge in [0.1, 0.15) is 16.7 Å². The highest BCUT2D eigenvalue weighted by Crippen LogP contribution is 2.33. The Hall–Kier alpha value is -1.77. The Morgan fingerprint density at radius 2 is 1.68 bits per heavy atom. The predicted octanol–water partition coefficient (Wildman–Crippen LogP) is 5.33. The molecular weight excluding hydrogens is 281 g/mol. The minimum Gasteiger partial charge on any atom is -0.457 e. The van der Waals surface area contributed by atoms with Gasteiger partial charge in [-0.15, -0.1) is 0 Å². The van der Waals surface area contributed by atoms with Crippen LogP contribution >= 0.6 is 23.2 Å². The molecular formula is C15H9Cl2NO. The van der Waals surface area contributed by atoms with Crippen LogP contribution in [0.1, 0.15) is 0 Å². The van der Waals surface area contributed by atoms with E-state index < -0.39 is 0 Å². The molecule has 0 N–H and O–H groups in total. The van der Waals surface area contributed by atoms with Crippen molar-refractivity contribution in [1.29, 1.82) is 0 Å². The van der Waals surface area contributed by atoms with E-state index in [1.54, 1.807) is 18.3 Å². The lowest BCUT2D eigenvalue weighted by Crippen LogP contribution is -1.87. The second-order valence-corrected chi connectivity index (χ2v) is 4.81. The normalized spacial score (nSPS) is 10.6. The average molecular weight is 290 g/mol. The minimum absolute atomic E-state index is 0.432. The van der Waals surface area contributed by atoms with E-state index in [4.69, 9.17) is 27.9 Å². The molecule has 1 aromatic heterocycles. The molecule has 0 fully saturated rings. The van der Waals surface area contributed by atoms with Gasteiger partial charge in [0.15, 0.2) is 0 Å². The monoisotopic (exact) mass is 289 g/mol. The first-order valence-electron chi connectivity index (χ1n) is 5.71. The maximum atomic E-state index is 6.14. The fourth-order valence-corrected chi connectivity index (χ4v) is 2.25. The van der Waals surface area contributed by atoms with Gasteiger partial charge in [-0.2, -0.15) is 0 Å². The predicted molar refractivity (Wildman–Crippen MR) is 78.3 cm³/mol. The molecule has 94 valence electrons. The lowest BCUT2D eigenvalue weighted by atomic mass is 10.1. The van der Waals surface area contributed by atoms with Gasteiger partial charge >= 0.3 is 0 Å². The zero-order valence-electron chi connectivity index (χ0n) is 9.81. The third-order valence-corrected chi connectivity index (χ3v) is 3.29. The molecule has 0 spiro atoms. The van der Waals surface area contributed by atoms with Gasteiger partial charge in [0.05, 0.1) is 5.39 Å². The van der Waals surface area contributed by atoms with Crippen molar-refractivity contribution in [3.05, 3.63) is 64.9 Å². The van der Waals surface area contributed by atoms with Crippen LogP contribution < -0.4 is 4.74 Å². The summed E-state index contributed by atoms with van der Waals surface area (Å²) in [5.41, 5.74) is 0. The lowest BCUT2D eigenvalue weighted by molar-refractivity contribution is 0.488. The highest BCUT2D eigenvalue weighted by atomic mass is 35.5. The Morgan fingerprint density at radius 1 is 0.895 bits per heavy atom. The molecule has 4 heteroatoms. The first-order valence-corrected chi connectivity index (χ1v) is 6.46. The molecule has 0 aliphatic rings. The molecule has 3 aromatic rings. The van der Waals surface area contributed by atoms with Crippen LogP contribution in [0.25, 0.3) is 10.8 Å². The van der Waals surface area contributed by atoms with Gasteiger partial charge in [0, 0.05) is 11.2 Å². The van der Waals surface area contributed by atoms with Gasteiger partial charge in [-0.05, 0) is 41.8 Å². The van der Waals surface area contributed by atoms with E-state index >= 15 is 0 Å². The third-order valence-electron chi connectivity index (χ3n) is 2.75. The first-order chi connectivity index (χ1) is 9.24. The summed E-state index contributed by atoms with van der Waals surface area (Å²) in [4.78, 5) is 4.09. The summed E-state index contributed by atoms with van der Waals surface area (Å²) in [5, 5.41) is 2.90. The number of ether oxygens (including phenoxy) is 1. The van der Waals surface area contributed by atoms with Crippen LogP contribution in [0.4, 0.5) is 0 Å². The van der Waals surface area contributed by atoms with Crippen molar-refractivity contribution in [2.24, 2.45) is 0 Å². The summed E-state index contributed by atoms with van der Waals surface area (Å²) in [7, 11) is 0. The molecule has 0 bridgehead atoms. The highest BCUT2D eigenvalue weighted by molar-refractivity contribution is 6.34. The second-order valence-electron chi connectivity index (χ2n) is 4.01. The quantitative estimate of drug-likeness (QED) is 0.595. The standard InChI is InChI=1S/C15H9Cl2NO/c16-11-4-6-12(7-5-11)19-13-3-1-2-10-8-9-18-15(17)14(10)13/h1-9H. The largest absolute Gasteiger partial charge is 0.457 e. The van der Waals surface area contributed by atoms with Crippen LogP contribution in [0.5, 0.6) is 11.5 Å². The third kappa shape index (κ3) is 2.50. The van der Waals surface area contributed by atoms with Crippen molar-refractivity contribution < 1.29 is 4.74 Å². The number of nitrogens with zero attached hydrogens (tertiary/aromatic N) is 1. The molecule has 0 saturated carbocycles. The van der Waals surface area contributed by atoms with Crippen LogP contribution in [0, 0.1) is 0 Å². The topological polar surface area (TPSA) is 22.1 Å². The van der Waals surface area contributed by atoms with Crippen molar-refractivity contribution in [1.82, 2.24) is 4.98 Å². The number of rotatable bonds is 2. The summed E-state index contributed by atoms with van der Waals surface area (Å²) in [5.74, 6) is 1.38. The Kier molecular flexibility index (Phi) is 3.28. The van der Waals surface area contributed by atoms with Crippen molar-refractivity contribution in [2.45, 2.75) is 0 Å². The molecule has 0 atom stereocenters. The van der Waals surface area contributed by atoms with Crippen LogP contribution in [-0.4, -0.2) is 4.98 Å². The van der Waals surface area contributed by atoms with E-state index in [-0.39, 0.29) is 0 Å². The number of pyridine rings is 1. The van der Waals surface area contributed by atoms with Gasteiger partial charge in [-0.3, -0.25) is 0 Å². The smallest absolute Gasteiger partial charge is 0.140 e. The Morgan fingerprint density at radius 3 is 2.47 bits per heavy atom. The number of hydrogen-bond acceptors (Lipinski definition) is 2. The second kappa shape index (κ2) is 5.08. The molecule has 2 aromatic carbocycles. The van der Waals surface area contributed by atoms with Crippen LogP contribution in [0.15, 0.2) is 54.7 Å². The SMILES string of the molecule is Clc1ccc(Oc2cccc3ccnc(Cl)c23)cc1. The van der Waals surface area contributed by atoms with Crippen molar-refractivity contribution in [2.75, 3.05) is 0 Å². The molecule has 0 aliphatic carbocycles. The number of aromatic nitrogens is 1. The van der Waals surface area contributed by atoms with Crippen LogP contribution in [0.3, 0.4) is 0 Å². The Balaban J connectivity index is 2.08. The van der Waals surface area contributed by atoms with Crippen molar-refractivity contribution in [3.8, 4) is 11.5 Å². The number of halogens is 2. The van der Waals surface area contributed by atoms with Gasteiger partial charge < -0.3 is 4.74 Å². The van der Waals surface area contributed by atoms with Gasteiger partial charge in [0.2, 0.25) is 0 Å². The van der Waals surface area contributed by atoms with Crippen LogP contribution in [-0.2, 0) is 0 Å². The number of fused-ring (bicyclic) bond motifs is 1. The van der Waals surface area contributed by atoms with Crippen LogP contribution in [0.2, 0.25) is 10.2 Å². The van der Waals surface area contributed by atoms with Gasteiger partial charge in [-0.25, -0.2) is 4.98 Å². The Labute approximate surface area is 120 Å². The molecule has 0 radical (unpaired) electrons. The molecule has 1 heterocycles. The van der Waals surface area contributed by atoms with E-state index in [9.17, 15) is 0 Å². The van der Waals surface area contributed by atoms with E-state index in [2.05, 4.69) is 4.98 Å². The minimum atomic E-state index is 0.432. The van der Waals surface area contributed by atoms with E-state index in [1.165, 1.54) is 0 Å².